The molecule has 1 saturated heterocycles. The minimum absolute atomic E-state index is 0.0970. The summed E-state index contributed by atoms with van der Waals surface area (Å²) in [4.78, 5) is 25.5. The molecular formula is C18H31N5O. The first kappa shape index (κ1) is 18.6. The Kier molecular flexibility index (Phi) is 6.15. The van der Waals surface area contributed by atoms with Gasteiger partial charge in [-0.3, -0.25) is 4.79 Å². The summed E-state index contributed by atoms with van der Waals surface area (Å²) < 4.78 is 0. The Morgan fingerprint density at radius 3 is 2.58 bits per heavy atom. The number of carbonyl (C=O) groups is 1. The van der Waals surface area contributed by atoms with E-state index in [0.717, 1.165) is 48.8 Å². The Hall–Kier alpha value is -1.69. The number of amides is 1. The molecule has 1 aliphatic heterocycles. The van der Waals surface area contributed by atoms with Crippen molar-refractivity contribution < 1.29 is 4.79 Å². The van der Waals surface area contributed by atoms with Gasteiger partial charge in [0.15, 0.2) is 0 Å². The van der Waals surface area contributed by atoms with Crippen molar-refractivity contribution in [2.45, 2.75) is 46.6 Å². The molecule has 6 nitrogen and oxygen atoms in total. The summed E-state index contributed by atoms with van der Waals surface area (Å²) in [7, 11) is 3.83. The number of nitrogens with one attached hydrogen (secondary N) is 1. The number of hydrogen-bond donors (Lipinski definition) is 1. The molecular weight excluding hydrogens is 302 g/mol. The largest absolute Gasteiger partial charge is 0.354 e. The number of anilines is 1. The van der Waals surface area contributed by atoms with Crippen LogP contribution in [0.1, 0.15) is 36.8 Å². The van der Waals surface area contributed by atoms with E-state index in [1.54, 1.807) is 0 Å². The van der Waals surface area contributed by atoms with Gasteiger partial charge in [0.2, 0.25) is 5.91 Å². The molecule has 1 N–H and O–H groups in total. The molecule has 134 valence electrons. The van der Waals surface area contributed by atoms with E-state index in [0.29, 0.717) is 12.5 Å². The number of rotatable bonds is 6. The quantitative estimate of drug-likeness (QED) is 0.858. The molecule has 1 fully saturated rings. The highest BCUT2D eigenvalue weighted by Crippen LogP contribution is 2.28. The predicted molar refractivity (Wildman–Crippen MR) is 97.3 cm³/mol. The van der Waals surface area contributed by atoms with E-state index in [-0.39, 0.29) is 11.9 Å². The maximum Gasteiger partial charge on any atom is 0.234 e. The summed E-state index contributed by atoms with van der Waals surface area (Å²) in [6.45, 7) is 10.4. The molecule has 2 atom stereocenters. The molecule has 24 heavy (non-hydrogen) atoms. The smallest absolute Gasteiger partial charge is 0.234 e. The zero-order chi connectivity index (χ0) is 17.9. The van der Waals surface area contributed by atoms with Gasteiger partial charge in [0.05, 0.1) is 12.6 Å². The Bertz CT molecular complexity index is 587. The average molecular weight is 333 g/mol. The summed E-state index contributed by atoms with van der Waals surface area (Å²) in [5, 5.41) is 3.23. The van der Waals surface area contributed by atoms with E-state index < -0.39 is 0 Å². The molecule has 0 saturated carbocycles. The molecule has 6 heteroatoms. The van der Waals surface area contributed by atoms with Crippen molar-refractivity contribution in [3.63, 3.8) is 0 Å². The van der Waals surface area contributed by atoms with Gasteiger partial charge in [0.25, 0.3) is 0 Å². The van der Waals surface area contributed by atoms with Crippen molar-refractivity contribution in [2.24, 2.45) is 5.92 Å². The van der Waals surface area contributed by atoms with Crippen LogP contribution in [0.25, 0.3) is 0 Å². The second-order valence-corrected chi connectivity index (χ2v) is 7.17. The monoisotopic (exact) mass is 333 g/mol. The van der Waals surface area contributed by atoms with Crippen LogP contribution in [-0.2, 0) is 4.79 Å². The van der Waals surface area contributed by atoms with Crippen LogP contribution < -0.4 is 10.2 Å². The van der Waals surface area contributed by atoms with Crippen molar-refractivity contribution in [3.8, 4) is 0 Å². The number of aryl methyl sites for hydroxylation is 2. The molecule has 0 aliphatic carbocycles. The highest BCUT2D eigenvalue weighted by atomic mass is 16.2. The Labute approximate surface area is 145 Å². The summed E-state index contributed by atoms with van der Waals surface area (Å²) in [5.74, 6) is 2.39. The van der Waals surface area contributed by atoms with Crippen LogP contribution in [0.4, 0.5) is 5.82 Å². The summed E-state index contributed by atoms with van der Waals surface area (Å²) in [5.41, 5.74) is 2.17. The van der Waals surface area contributed by atoms with Crippen LogP contribution >= 0.6 is 0 Å². The fourth-order valence-electron chi connectivity index (χ4n) is 3.47. The Morgan fingerprint density at radius 1 is 1.25 bits per heavy atom. The van der Waals surface area contributed by atoms with Gasteiger partial charge in [0.1, 0.15) is 11.6 Å². The van der Waals surface area contributed by atoms with E-state index in [2.05, 4.69) is 34.0 Å². The van der Waals surface area contributed by atoms with Crippen molar-refractivity contribution in [1.82, 2.24) is 20.2 Å². The fraction of sp³-hybridized carbons (Fsp3) is 0.722. The first-order valence-corrected chi connectivity index (χ1v) is 8.82. The van der Waals surface area contributed by atoms with Gasteiger partial charge in [-0.25, -0.2) is 9.97 Å². The minimum atomic E-state index is 0.0970. The number of nitrogens with zero attached hydrogens (tertiary/aromatic N) is 4. The molecule has 0 aromatic carbocycles. The van der Waals surface area contributed by atoms with Crippen LogP contribution in [0.2, 0.25) is 0 Å². The molecule has 0 radical (unpaired) electrons. The second-order valence-electron chi connectivity index (χ2n) is 7.17. The normalized spacial score (nSPS) is 20.7. The van der Waals surface area contributed by atoms with E-state index in [1.807, 2.05) is 32.8 Å². The lowest BCUT2D eigenvalue weighted by Crippen LogP contribution is -2.44. The maximum absolute atomic E-state index is 12.2. The van der Waals surface area contributed by atoms with Crippen molar-refractivity contribution in [3.05, 3.63) is 17.1 Å². The lowest BCUT2D eigenvalue weighted by molar-refractivity contribution is -0.122. The topological polar surface area (TPSA) is 61.4 Å². The molecule has 0 bridgehead atoms. The Morgan fingerprint density at radius 2 is 1.96 bits per heavy atom. The average Bonchev–Trinajstić information content (AvgIpc) is 2.85. The van der Waals surface area contributed by atoms with Crippen LogP contribution in [0.3, 0.4) is 0 Å². The lowest BCUT2D eigenvalue weighted by Gasteiger charge is -2.21. The fourth-order valence-corrected chi connectivity index (χ4v) is 3.47. The standard InChI is InChI=1S/C18H31N5O/c1-7-8-15-9-23(10-16(15)21-17(24)11-22(5)6)18-12(2)13(3)19-14(4)20-18/h15-16H,7-11H2,1-6H3,(H,21,24)/t15-,16-/m0/s1. The Balaban J connectivity index is 2.16. The zero-order valence-corrected chi connectivity index (χ0v) is 15.9. The van der Waals surface area contributed by atoms with Gasteiger partial charge in [0, 0.05) is 24.3 Å². The molecule has 1 amide bonds. The SMILES string of the molecule is CCC[C@H]1CN(c2nc(C)nc(C)c2C)C[C@@H]1NC(=O)CN(C)C. The molecule has 1 aromatic heterocycles. The predicted octanol–water partition coefficient (Wildman–Crippen LogP) is 1.68. The summed E-state index contributed by atoms with van der Waals surface area (Å²) in [6.07, 6.45) is 2.24. The van der Waals surface area contributed by atoms with Crippen molar-refractivity contribution in [1.29, 1.82) is 0 Å². The zero-order valence-electron chi connectivity index (χ0n) is 15.9. The van der Waals surface area contributed by atoms with Gasteiger partial charge in [-0.1, -0.05) is 13.3 Å². The first-order chi connectivity index (χ1) is 11.3. The van der Waals surface area contributed by atoms with E-state index in [9.17, 15) is 4.79 Å². The van der Waals surface area contributed by atoms with Crippen molar-refractivity contribution >= 4 is 11.7 Å². The minimum Gasteiger partial charge on any atom is -0.354 e. The van der Waals surface area contributed by atoms with Gasteiger partial charge >= 0.3 is 0 Å². The highest BCUT2D eigenvalue weighted by molar-refractivity contribution is 5.78. The van der Waals surface area contributed by atoms with Crippen LogP contribution in [0.5, 0.6) is 0 Å². The van der Waals surface area contributed by atoms with E-state index in [4.69, 9.17) is 0 Å². The molecule has 1 aliphatic rings. The number of hydrogen-bond acceptors (Lipinski definition) is 5. The van der Waals surface area contributed by atoms with Crippen molar-refractivity contribution in [2.75, 3.05) is 38.6 Å². The van der Waals surface area contributed by atoms with Gasteiger partial charge in [-0.05, 0) is 47.2 Å². The van der Waals surface area contributed by atoms with Crippen LogP contribution in [0, 0.1) is 26.7 Å². The number of likely N-dealkylation sites (N-methyl/N-ethyl adjacent to an activating group) is 1. The molecule has 1 aromatic rings. The number of carbonyl (C=O) groups excluding carboxylic acids is 1. The molecule has 2 rings (SSSR count). The second kappa shape index (κ2) is 7.92. The van der Waals surface area contributed by atoms with Crippen LogP contribution in [-0.4, -0.2) is 60.5 Å². The molecule has 0 spiro atoms. The third kappa shape index (κ3) is 4.44. The number of aromatic nitrogens is 2. The summed E-state index contributed by atoms with van der Waals surface area (Å²) >= 11 is 0. The molecule has 2 heterocycles. The van der Waals surface area contributed by atoms with E-state index in [1.165, 1.54) is 0 Å². The lowest BCUT2D eigenvalue weighted by atomic mass is 9.98. The van der Waals surface area contributed by atoms with Gasteiger partial charge in [-0.2, -0.15) is 0 Å². The first-order valence-electron chi connectivity index (χ1n) is 8.82. The third-order valence-electron chi connectivity index (χ3n) is 4.68. The highest BCUT2D eigenvalue weighted by Gasteiger charge is 2.34. The van der Waals surface area contributed by atoms with Gasteiger partial charge < -0.3 is 15.1 Å². The van der Waals surface area contributed by atoms with E-state index >= 15 is 0 Å². The summed E-state index contributed by atoms with van der Waals surface area (Å²) in [6, 6.07) is 0.187. The third-order valence-corrected chi connectivity index (χ3v) is 4.68. The van der Waals surface area contributed by atoms with Gasteiger partial charge in [-0.15, -0.1) is 0 Å². The molecule has 0 unspecified atom stereocenters. The van der Waals surface area contributed by atoms with Crippen LogP contribution in [0.15, 0.2) is 0 Å². The maximum atomic E-state index is 12.2.